The average molecular weight is 507 g/mol. The second-order valence-electron chi connectivity index (χ2n) is 8.89. The Morgan fingerprint density at radius 3 is 2.22 bits per heavy atom. The highest BCUT2D eigenvalue weighted by molar-refractivity contribution is 7.80. The van der Waals surface area contributed by atoms with Gasteiger partial charge in [-0.3, -0.25) is 0 Å². The van der Waals surface area contributed by atoms with E-state index in [4.69, 9.17) is 31.2 Å². The molecule has 0 amide bonds. The molecule has 36 heavy (non-hydrogen) atoms. The second-order valence-corrected chi connectivity index (χ2v) is 9.27. The van der Waals surface area contributed by atoms with Crippen molar-refractivity contribution in [2.45, 2.75) is 33.2 Å². The maximum absolute atomic E-state index is 6.35. The number of ether oxygens (including phenoxy) is 4. The van der Waals surface area contributed by atoms with E-state index in [0.717, 1.165) is 41.5 Å². The van der Waals surface area contributed by atoms with Crippen LogP contribution in [0.3, 0.4) is 0 Å². The summed E-state index contributed by atoms with van der Waals surface area (Å²) < 4.78 is 23.1. The minimum Gasteiger partial charge on any atom is -0.494 e. The molecule has 3 aromatic rings. The SMILES string of the molecule is CCOc1ccc(NC(=S)N2CCc3cc(OC)c(OC)cc3C2COc2cc(C)cc(C)c2)cc1. The predicted octanol–water partition coefficient (Wildman–Crippen LogP) is 6.09. The standard InChI is InChI=1S/C29H34N2O4S/c1-6-34-23-9-7-22(8-10-23)30-29(36)31-12-11-21-16-27(32-4)28(33-5)17-25(21)26(31)18-35-24-14-19(2)13-20(3)15-24/h7-10,13-17,26H,6,11-12,18H2,1-5H3,(H,30,36). The van der Waals surface area contributed by atoms with Crippen LogP contribution >= 0.6 is 12.2 Å². The number of methoxy groups -OCH3 is 2. The van der Waals surface area contributed by atoms with Crippen molar-refractivity contribution < 1.29 is 18.9 Å². The van der Waals surface area contributed by atoms with Crippen molar-refractivity contribution in [3.63, 3.8) is 0 Å². The highest BCUT2D eigenvalue weighted by Crippen LogP contribution is 2.39. The molecule has 1 aliphatic heterocycles. The number of aryl methyl sites for hydroxylation is 2. The maximum atomic E-state index is 6.35. The molecule has 0 bridgehead atoms. The van der Waals surface area contributed by atoms with Crippen LogP contribution in [0.25, 0.3) is 0 Å². The number of fused-ring (bicyclic) bond motifs is 1. The van der Waals surface area contributed by atoms with Crippen molar-refractivity contribution >= 4 is 23.0 Å². The number of nitrogens with zero attached hydrogens (tertiary/aromatic N) is 1. The summed E-state index contributed by atoms with van der Waals surface area (Å²) >= 11 is 5.90. The first-order valence-electron chi connectivity index (χ1n) is 12.2. The fourth-order valence-corrected chi connectivity index (χ4v) is 4.98. The van der Waals surface area contributed by atoms with Gasteiger partial charge in [-0.2, -0.15) is 0 Å². The fourth-order valence-electron chi connectivity index (χ4n) is 4.64. The summed E-state index contributed by atoms with van der Waals surface area (Å²) in [6, 6.07) is 18.1. The molecule has 4 rings (SSSR count). The monoisotopic (exact) mass is 506 g/mol. The third kappa shape index (κ3) is 5.85. The van der Waals surface area contributed by atoms with Gasteiger partial charge < -0.3 is 29.2 Å². The van der Waals surface area contributed by atoms with Crippen LogP contribution in [0.2, 0.25) is 0 Å². The summed E-state index contributed by atoms with van der Waals surface area (Å²) in [5, 5.41) is 4.05. The van der Waals surface area contributed by atoms with Gasteiger partial charge in [-0.25, -0.2) is 0 Å². The van der Waals surface area contributed by atoms with Gasteiger partial charge in [0.15, 0.2) is 16.6 Å². The van der Waals surface area contributed by atoms with E-state index < -0.39 is 0 Å². The van der Waals surface area contributed by atoms with E-state index >= 15 is 0 Å². The lowest BCUT2D eigenvalue weighted by atomic mass is 9.92. The number of thiocarbonyl (C=S) groups is 1. The molecule has 7 heteroatoms. The first-order valence-corrected chi connectivity index (χ1v) is 12.6. The molecule has 0 radical (unpaired) electrons. The number of benzene rings is 3. The number of rotatable bonds is 8. The van der Waals surface area contributed by atoms with Gasteiger partial charge in [0, 0.05) is 12.2 Å². The van der Waals surface area contributed by atoms with E-state index in [1.54, 1.807) is 14.2 Å². The third-order valence-electron chi connectivity index (χ3n) is 6.28. The van der Waals surface area contributed by atoms with Gasteiger partial charge >= 0.3 is 0 Å². The van der Waals surface area contributed by atoms with E-state index in [2.05, 4.69) is 54.4 Å². The Kier molecular flexibility index (Phi) is 8.21. The zero-order valence-electron chi connectivity index (χ0n) is 21.6. The molecule has 0 aromatic heterocycles. The second kappa shape index (κ2) is 11.5. The van der Waals surface area contributed by atoms with Gasteiger partial charge in [-0.05, 0) is 110 Å². The Labute approximate surface area is 219 Å². The van der Waals surface area contributed by atoms with Gasteiger partial charge in [0.1, 0.15) is 18.1 Å². The Balaban J connectivity index is 1.62. The average Bonchev–Trinajstić information content (AvgIpc) is 2.87. The molecule has 0 spiro atoms. The van der Waals surface area contributed by atoms with Crippen LogP contribution in [0.4, 0.5) is 5.69 Å². The lowest BCUT2D eigenvalue weighted by molar-refractivity contribution is 0.190. The van der Waals surface area contributed by atoms with Crippen LogP contribution in [0.15, 0.2) is 54.6 Å². The summed E-state index contributed by atoms with van der Waals surface area (Å²) in [5.41, 5.74) is 5.59. The summed E-state index contributed by atoms with van der Waals surface area (Å²) in [5.74, 6) is 3.11. The Hall–Kier alpha value is -3.45. The smallest absolute Gasteiger partial charge is 0.174 e. The van der Waals surface area contributed by atoms with Crippen molar-refractivity contribution in [1.82, 2.24) is 4.90 Å². The Morgan fingerprint density at radius 2 is 1.58 bits per heavy atom. The van der Waals surface area contributed by atoms with Gasteiger partial charge in [0.05, 0.1) is 26.9 Å². The Morgan fingerprint density at radius 1 is 0.917 bits per heavy atom. The van der Waals surface area contributed by atoms with E-state index in [1.165, 1.54) is 16.7 Å². The zero-order chi connectivity index (χ0) is 25.7. The fraction of sp³-hybridized carbons (Fsp3) is 0.345. The summed E-state index contributed by atoms with van der Waals surface area (Å²) in [4.78, 5) is 2.20. The minimum absolute atomic E-state index is 0.0999. The molecule has 0 aliphatic carbocycles. The van der Waals surface area contributed by atoms with Crippen molar-refractivity contribution in [3.8, 4) is 23.0 Å². The number of anilines is 1. The van der Waals surface area contributed by atoms with E-state index in [-0.39, 0.29) is 6.04 Å². The lowest BCUT2D eigenvalue weighted by Crippen LogP contribution is -2.44. The first-order chi connectivity index (χ1) is 17.4. The van der Waals surface area contributed by atoms with Gasteiger partial charge in [0.25, 0.3) is 0 Å². The van der Waals surface area contributed by atoms with Crippen LogP contribution in [-0.4, -0.2) is 44.0 Å². The summed E-state index contributed by atoms with van der Waals surface area (Å²) in [7, 11) is 3.32. The molecule has 3 aromatic carbocycles. The molecular weight excluding hydrogens is 472 g/mol. The first kappa shape index (κ1) is 25.6. The third-order valence-corrected chi connectivity index (χ3v) is 6.62. The van der Waals surface area contributed by atoms with E-state index in [0.29, 0.717) is 24.1 Å². The molecular formula is C29H34N2O4S. The normalized spacial score (nSPS) is 14.6. The zero-order valence-corrected chi connectivity index (χ0v) is 22.4. The number of hydrogen-bond acceptors (Lipinski definition) is 5. The number of hydrogen-bond donors (Lipinski definition) is 1. The molecule has 0 saturated carbocycles. The molecule has 0 fully saturated rings. The highest BCUT2D eigenvalue weighted by atomic mass is 32.1. The van der Waals surface area contributed by atoms with Crippen LogP contribution in [0.5, 0.6) is 23.0 Å². The van der Waals surface area contributed by atoms with E-state index in [1.807, 2.05) is 31.2 Å². The van der Waals surface area contributed by atoms with Gasteiger partial charge in [0.2, 0.25) is 0 Å². The topological polar surface area (TPSA) is 52.2 Å². The molecule has 1 aliphatic rings. The quantitative estimate of drug-likeness (QED) is 0.371. The van der Waals surface area contributed by atoms with Crippen LogP contribution in [0, 0.1) is 13.8 Å². The van der Waals surface area contributed by atoms with Crippen LogP contribution in [0.1, 0.15) is 35.2 Å². The van der Waals surface area contributed by atoms with Gasteiger partial charge in [-0.1, -0.05) is 6.07 Å². The predicted molar refractivity (Wildman–Crippen MR) is 148 cm³/mol. The molecule has 1 unspecified atom stereocenters. The van der Waals surface area contributed by atoms with Crippen molar-refractivity contribution in [2.24, 2.45) is 0 Å². The summed E-state index contributed by atoms with van der Waals surface area (Å²) in [6.45, 7) is 7.96. The Bertz CT molecular complexity index is 1190. The molecule has 190 valence electrons. The molecule has 0 saturated heterocycles. The molecule has 1 heterocycles. The van der Waals surface area contributed by atoms with Crippen molar-refractivity contribution in [2.75, 3.05) is 39.3 Å². The number of nitrogens with one attached hydrogen (secondary N) is 1. The largest absolute Gasteiger partial charge is 0.494 e. The minimum atomic E-state index is -0.0999. The van der Waals surface area contributed by atoms with Crippen molar-refractivity contribution in [1.29, 1.82) is 0 Å². The molecule has 1 atom stereocenters. The van der Waals surface area contributed by atoms with E-state index in [9.17, 15) is 0 Å². The maximum Gasteiger partial charge on any atom is 0.174 e. The lowest BCUT2D eigenvalue weighted by Gasteiger charge is -2.39. The van der Waals surface area contributed by atoms with Crippen LogP contribution < -0.4 is 24.3 Å². The van der Waals surface area contributed by atoms with Crippen molar-refractivity contribution in [3.05, 3.63) is 76.9 Å². The highest BCUT2D eigenvalue weighted by Gasteiger charge is 2.31. The molecule has 6 nitrogen and oxygen atoms in total. The van der Waals surface area contributed by atoms with Crippen LogP contribution in [-0.2, 0) is 6.42 Å². The van der Waals surface area contributed by atoms with Gasteiger partial charge in [-0.15, -0.1) is 0 Å². The molecule has 1 N–H and O–H groups in total. The summed E-state index contributed by atoms with van der Waals surface area (Å²) in [6.07, 6.45) is 0.834.